The molecule has 8 heteroatoms. The van der Waals surface area contributed by atoms with E-state index in [1.165, 1.54) is 12.0 Å². The number of benzene rings is 1. The van der Waals surface area contributed by atoms with Crippen LogP contribution in [0.15, 0.2) is 35.7 Å². The maximum Gasteiger partial charge on any atom is 0.306 e. The number of ether oxygens (including phenoxy) is 3. The van der Waals surface area contributed by atoms with Crippen LogP contribution in [0.3, 0.4) is 0 Å². The van der Waals surface area contributed by atoms with Crippen molar-refractivity contribution in [3.63, 3.8) is 0 Å². The molecular formula is C27H31N3O4S. The van der Waals surface area contributed by atoms with E-state index in [1.807, 2.05) is 25.1 Å². The molecule has 3 aromatic rings. The number of thiazole rings is 1. The largest absolute Gasteiger partial charge is 0.466 e. The zero-order chi connectivity index (χ0) is 24.0. The minimum atomic E-state index is -0.197. The third kappa shape index (κ3) is 5.93. The number of aryl methyl sites for hydroxylation is 3. The van der Waals surface area contributed by atoms with Crippen molar-refractivity contribution in [3.05, 3.63) is 63.2 Å². The Balaban J connectivity index is 1.21. The number of carbonyl (C=O) groups excluding carboxylic acids is 1. The average molecular weight is 494 g/mol. The molecule has 0 radical (unpaired) electrons. The summed E-state index contributed by atoms with van der Waals surface area (Å²) in [4.78, 5) is 22.0. The standard InChI is InChI=1S/C27H31N3O4S/c1-2-32-26(31)15-20(19-9-11-23-24(14-19)34-17-33-23)13-22-16-35-25(29-22)7-3-6-21-10-8-18-5-4-12-28-27(18)30-21/h8-11,14,16,20H,2-7,12-13,15,17H2,1H3,(H,28,30)/t20-/m0/s1. The number of hydrogen-bond donors (Lipinski definition) is 1. The highest BCUT2D eigenvalue weighted by Gasteiger charge is 2.22. The van der Waals surface area contributed by atoms with Crippen molar-refractivity contribution < 1.29 is 19.0 Å². The maximum absolute atomic E-state index is 12.3. The molecule has 184 valence electrons. The summed E-state index contributed by atoms with van der Waals surface area (Å²) in [6, 6.07) is 10.3. The molecule has 7 nitrogen and oxygen atoms in total. The molecule has 2 aliphatic rings. The van der Waals surface area contributed by atoms with E-state index in [0.29, 0.717) is 19.4 Å². The number of esters is 1. The van der Waals surface area contributed by atoms with Gasteiger partial charge >= 0.3 is 5.97 Å². The van der Waals surface area contributed by atoms with Crippen molar-refractivity contribution in [3.8, 4) is 11.5 Å². The second kappa shape index (κ2) is 11.1. The first kappa shape index (κ1) is 23.6. The minimum absolute atomic E-state index is 0.0364. The summed E-state index contributed by atoms with van der Waals surface area (Å²) in [5, 5.41) is 6.65. The van der Waals surface area contributed by atoms with Crippen LogP contribution in [0.5, 0.6) is 11.5 Å². The Hall–Kier alpha value is -3.13. The Morgan fingerprint density at radius 2 is 2.06 bits per heavy atom. The van der Waals surface area contributed by atoms with E-state index < -0.39 is 0 Å². The summed E-state index contributed by atoms with van der Waals surface area (Å²) in [6.07, 6.45) is 6.13. The highest BCUT2D eigenvalue weighted by Crippen LogP contribution is 2.36. The number of nitrogens with one attached hydrogen (secondary N) is 1. The Morgan fingerprint density at radius 1 is 1.14 bits per heavy atom. The second-order valence-electron chi connectivity index (χ2n) is 8.95. The minimum Gasteiger partial charge on any atom is -0.466 e. The molecule has 0 bridgehead atoms. The van der Waals surface area contributed by atoms with Crippen molar-refractivity contribution in [2.24, 2.45) is 0 Å². The monoisotopic (exact) mass is 493 g/mol. The zero-order valence-corrected chi connectivity index (χ0v) is 20.9. The van der Waals surface area contributed by atoms with Gasteiger partial charge in [-0.2, -0.15) is 0 Å². The van der Waals surface area contributed by atoms with Crippen LogP contribution in [-0.4, -0.2) is 35.9 Å². The van der Waals surface area contributed by atoms with Crippen LogP contribution < -0.4 is 14.8 Å². The molecule has 0 unspecified atom stereocenters. The lowest BCUT2D eigenvalue weighted by Crippen LogP contribution is -2.14. The third-order valence-corrected chi connectivity index (χ3v) is 7.37. The molecular weight excluding hydrogens is 462 g/mol. The number of carbonyl (C=O) groups is 1. The van der Waals surface area contributed by atoms with Crippen LogP contribution >= 0.6 is 11.3 Å². The van der Waals surface area contributed by atoms with Crippen LogP contribution in [0.1, 0.15) is 59.6 Å². The van der Waals surface area contributed by atoms with Gasteiger partial charge in [-0.3, -0.25) is 4.79 Å². The molecule has 0 spiro atoms. The topological polar surface area (TPSA) is 82.6 Å². The smallest absolute Gasteiger partial charge is 0.306 e. The first-order chi connectivity index (χ1) is 17.2. The Morgan fingerprint density at radius 3 is 2.97 bits per heavy atom. The number of aromatic nitrogens is 2. The lowest BCUT2D eigenvalue weighted by atomic mass is 9.91. The van der Waals surface area contributed by atoms with Crippen molar-refractivity contribution >= 4 is 23.1 Å². The summed E-state index contributed by atoms with van der Waals surface area (Å²) >= 11 is 1.69. The first-order valence-corrected chi connectivity index (χ1v) is 13.3. The van der Waals surface area contributed by atoms with Crippen molar-refractivity contribution in [2.45, 2.75) is 57.8 Å². The van der Waals surface area contributed by atoms with Gasteiger partial charge in [0.15, 0.2) is 11.5 Å². The molecule has 0 saturated carbocycles. The highest BCUT2D eigenvalue weighted by atomic mass is 32.1. The molecule has 4 heterocycles. The number of nitrogens with zero attached hydrogens (tertiary/aromatic N) is 2. The van der Waals surface area contributed by atoms with E-state index in [0.717, 1.165) is 71.5 Å². The van der Waals surface area contributed by atoms with E-state index in [-0.39, 0.29) is 18.7 Å². The molecule has 35 heavy (non-hydrogen) atoms. The summed E-state index contributed by atoms with van der Waals surface area (Å²) in [5.41, 5.74) is 4.49. The molecule has 0 aliphatic carbocycles. The molecule has 1 N–H and O–H groups in total. The summed E-state index contributed by atoms with van der Waals surface area (Å²) < 4.78 is 16.2. The fraction of sp³-hybridized carbons (Fsp3) is 0.444. The van der Waals surface area contributed by atoms with Crippen LogP contribution in [-0.2, 0) is 35.2 Å². The van der Waals surface area contributed by atoms with E-state index in [4.69, 9.17) is 24.2 Å². The van der Waals surface area contributed by atoms with Crippen LogP contribution in [0.25, 0.3) is 0 Å². The summed E-state index contributed by atoms with van der Waals surface area (Å²) in [7, 11) is 0. The normalized spacial score (nSPS) is 14.8. The quantitative estimate of drug-likeness (QED) is 0.394. The van der Waals surface area contributed by atoms with Gasteiger partial charge in [0.05, 0.1) is 23.7 Å². The zero-order valence-electron chi connectivity index (χ0n) is 20.0. The fourth-order valence-corrected chi connectivity index (χ4v) is 5.49. The number of pyridine rings is 1. The van der Waals surface area contributed by atoms with Crippen LogP contribution in [0.2, 0.25) is 0 Å². The molecule has 0 saturated heterocycles. The van der Waals surface area contributed by atoms with Gasteiger partial charge < -0.3 is 19.5 Å². The molecule has 2 aliphatic heterocycles. The number of rotatable bonds is 10. The Bertz CT molecular complexity index is 1180. The predicted octanol–water partition coefficient (Wildman–Crippen LogP) is 5.08. The molecule has 2 aromatic heterocycles. The van der Waals surface area contributed by atoms with Gasteiger partial charge in [-0.05, 0) is 74.8 Å². The second-order valence-corrected chi connectivity index (χ2v) is 9.89. The molecule has 1 aromatic carbocycles. The highest BCUT2D eigenvalue weighted by molar-refractivity contribution is 7.09. The molecule has 0 amide bonds. The van der Waals surface area contributed by atoms with Gasteiger partial charge in [0, 0.05) is 23.5 Å². The van der Waals surface area contributed by atoms with Crippen LogP contribution in [0, 0.1) is 0 Å². The summed E-state index contributed by atoms with van der Waals surface area (Å²) in [5.74, 6) is 2.29. The first-order valence-electron chi connectivity index (χ1n) is 12.4. The van der Waals surface area contributed by atoms with E-state index in [2.05, 4.69) is 22.8 Å². The molecule has 5 rings (SSSR count). The maximum atomic E-state index is 12.3. The van der Waals surface area contributed by atoms with Gasteiger partial charge in [-0.15, -0.1) is 11.3 Å². The van der Waals surface area contributed by atoms with E-state index >= 15 is 0 Å². The van der Waals surface area contributed by atoms with Crippen molar-refractivity contribution in [1.82, 2.24) is 9.97 Å². The lowest BCUT2D eigenvalue weighted by Gasteiger charge is -2.17. The lowest BCUT2D eigenvalue weighted by molar-refractivity contribution is -0.143. The molecule has 1 atom stereocenters. The Labute approximate surface area is 209 Å². The summed E-state index contributed by atoms with van der Waals surface area (Å²) in [6.45, 7) is 3.45. The molecule has 0 fully saturated rings. The average Bonchev–Trinajstić information content (AvgIpc) is 3.52. The van der Waals surface area contributed by atoms with Gasteiger partial charge in [-0.1, -0.05) is 12.1 Å². The Kier molecular flexibility index (Phi) is 7.47. The van der Waals surface area contributed by atoms with Crippen LogP contribution in [0.4, 0.5) is 5.82 Å². The number of hydrogen-bond acceptors (Lipinski definition) is 8. The van der Waals surface area contributed by atoms with Gasteiger partial charge in [-0.25, -0.2) is 9.97 Å². The van der Waals surface area contributed by atoms with Gasteiger partial charge in [0.25, 0.3) is 0 Å². The van der Waals surface area contributed by atoms with E-state index in [1.54, 1.807) is 11.3 Å². The van der Waals surface area contributed by atoms with Gasteiger partial charge in [0.2, 0.25) is 6.79 Å². The number of fused-ring (bicyclic) bond motifs is 2. The fourth-order valence-electron chi connectivity index (χ4n) is 4.63. The predicted molar refractivity (Wildman–Crippen MR) is 135 cm³/mol. The van der Waals surface area contributed by atoms with Crippen molar-refractivity contribution in [1.29, 1.82) is 0 Å². The van der Waals surface area contributed by atoms with E-state index in [9.17, 15) is 4.79 Å². The SMILES string of the molecule is CCOC(=O)C[C@H](Cc1csc(CCCc2ccc3c(n2)NCCC3)n1)c1ccc2c(c1)OCO2. The third-order valence-electron chi connectivity index (χ3n) is 6.42. The van der Waals surface area contributed by atoms with Crippen molar-refractivity contribution in [2.75, 3.05) is 25.3 Å². The van der Waals surface area contributed by atoms with Gasteiger partial charge in [0.1, 0.15) is 5.82 Å². The number of anilines is 1.